The average molecular weight is 266 g/mol. The van der Waals surface area contributed by atoms with Gasteiger partial charge < -0.3 is 5.32 Å². The molecule has 1 aromatic rings. The van der Waals surface area contributed by atoms with Gasteiger partial charge in [0, 0.05) is 25.2 Å². The Balaban J connectivity index is 1.60. The van der Waals surface area contributed by atoms with Crippen molar-refractivity contribution in [3.8, 4) is 0 Å². The van der Waals surface area contributed by atoms with E-state index in [0.717, 1.165) is 38.3 Å². The van der Waals surface area contributed by atoms with Crippen molar-refractivity contribution >= 4 is 0 Å². The lowest BCUT2D eigenvalue weighted by atomic mass is 9.86. The standard InChI is InChI=1S/C15H20F2N2/c16-14(17)13-3-1-12(2-4-13)9-19-8-6-15(11-19)5-7-18-10-15/h1-4,14,18H,5-11H2. The van der Waals surface area contributed by atoms with E-state index in [-0.39, 0.29) is 5.56 Å². The van der Waals surface area contributed by atoms with Crippen LogP contribution in [0.5, 0.6) is 0 Å². The van der Waals surface area contributed by atoms with E-state index in [2.05, 4.69) is 10.2 Å². The normalized spacial score (nSPS) is 27.7. The van der Waals surface area contributed by atoms with Gasteiger partial charge in [0.15, 0.2) is 0 Å². The fourth-order valence-electron chi connectivity index (χ4n) is 3.33. The van der Waals surface area contributed by atoms with Crippen LogP contribution < -0.4 is 5.32 Å². The Kier molecular flexibility index (Phi) is 3.54. The highest BCUT2D eigenvalue weighted by atomic mass is 19.3. The molecule has 4 heteroatoms. The zero-order valence-corrected chi connectivity index (χ0v) is 11.0. The van der Waals surface area contributed by atoms with Crippen LogP contribution in [0.4, 0.5) is 8.78 Å². The predicted molar refractivity (Wildman–Crippen MR) is 71.2 cm³/mol. The van der Waals surface area contributed by atoms with Gasteiger partial charge in [-0.05, 0) is 36.9 Å². The van der Waals surface area contributed by atoms with Crippen molar-refractivity contribution in [3.05, 3.63) is 35.4 Å². The molecule has 0 aromatic heterocycles. The summed E-state index contributed by atoms with van der Waals surface area (Å²) in [5, 5.41) is 3.45. The largest absolute Gasteiger partial charge is 0.316 e. The zero-order valence-electron chi connectivity index (χ0n) is 11.0. The third-order valence-corrected chi connectivity index (χ3v) is 4.49. The smallest absolute Gasteiger partial charge is 0.263 e. The Labute approximate surface area is 112 Å². The lowest BCUT2D eigenvalue weighted by molar-refractivity contribution is 0.151. The third kappa shape index (κ3) is 2.79. The molecular formula is C15H20F2N2. The molecule has 2 aliphatic rings. The third-order valence-electron chi connectivity index (χ3n) is 4.49. The van der Waals surface area contributed by atoms with Gasteiger partial charge in [0.1, 0.15) is 0 Å². The number of alkyl halides is 2. The minimum atomic E-state index is -2.37. The maximum Gasteiger partial charge on any atom is 0.263 e. The molecule has 0 bridgehead atoms. The van der Waals surface area contributed by atoms with Crippen molar-refractivity contribution in [1.82, 2.24) is 10.2 Å². The summed E-state index contributed by atoms with van der Waals surface area (Å²) in [5.41, 5.74) is 1.72. The van der Waals surface area contributed by atoms with E-state index in [1.54, 1.807) is 12.1 Å². The maximum absolute atomic E-state index is 12.5. The van der Waals surface area contributed by atoms with Gasteiger partial charge in [-0.25, -0.2) is 8.78 Å². The summed E-state index contributed by atoms with van der Waals surface area (Å²) in [6.07, 6.45) is 0.164. The topological polar surface area (TPSA) is 15.3 Å². The van der Waals surface area contributed by atoms with Crippen LogP contribution in [0.1, 0.15) is 30.4 Å². The number of benzene rings is 1. The zero-order chi connectivity index (χ0) is 13.3. The molecule has 2 nitrogen and oxygen atoms in total. The van der Waals surface area contributed by atoms with E-state index < -0.39 is 6.43 Å². The summed E-state index contributed by atoms with van der Waals surface area (Å²) in [4.78, 5) is 2.45. The van der Waals surface area contributed by atoms with Crippen LogP contribution in [0.25, 0.3) is 0 Å². The summed E-state index contributed by atoms with van der Waals surface area (Å²) in [5.74, 6) is 0. The molecule has 0 amide bonds. The first kappa shape index (κ1) is 13.0. The van der Waals surface area contributed by atoms with Gasteiger partial charge in [-0.1, -0.05) is 24.3 Å². The van der Waals surface area contributed by atoms with Crippen molar-refractivity contribution in [1.29, 1.82) is 0 Å². The second-order valence-electron chi connectivity index (χ2n) is 5.93. The summed E-state index contributed by atoms with van der Waals surface area (Å²) in [6, 6.07) is 6.75. The van der Waals surface area contributed by atoms with E-state index in [9.17, 15) is 8.78 Å². The van der Waals surface area contributed by atoms with E-state index >= 15 is 0 Å². The van der Waals surface area contributed by atoms with Gasteiger partial charge >= 0.3 is 0 Å². The predicted octanol–water partition coefficient (Wildman–Crippen LogP) is 2.81. The number of nitrogens with one attached hydrogen (secondary N) is 1. The molecule has 3 rings (SSSR count). The van der Waals surface area contributed by atoms with Gasteiger partial charge in [0.2, 0.25) is 0 Å². The Morgan fingerprint density at radius 3 is 2.63 bits per heavy atom. The summed E-state index contributed by atoms with van der Waals surface area (Å²) < 4.78 is 25.0. The molecule has 2 saturated heterocycles. The Morgan fingerprint density at radius 1 is 1.21 bits per heavy atom. The first-order valence-corrected chi connectivity index (χ1v) is 6.97. The van der Waals surface area contributed by atoms with Crippen molar-refractivity contribution in [2.75, 3.05) is 26.2 Å². The Morgan fingerprint density at radius 2 is 2.00 bits per heavy atom. The molecule has 1 atom stereocenters. The summed E-state index contributed by atoms with van der Waals surface area (Å²) in [7, 11) is 0. The molecule has 0 radical (unpaired) electrons. The van der Waals surface area contributed by atoms with Gasteiger partial charge in [-0.3, -0.25) is 4.90 Å². The average Bonchev–Trinajstić information content (AvgIpc) is 3.01. The van der Waals surface area contributed by atoms with Crippen molar-refractivity contribution in [3.63, 3.8) is 0 Å². The van der Waals surface area contributed by atoms with E-state index in [4.69, 9.17) is 0 Å². The van der Waals surface area contributed by atoms with Crippen LogP contribution >= 0.6 is 0 Å². The molecule has 1 N–H and O–H groups in total. The second-order valence-corrected chi connectivity index (χ2v) is 5.93. The quantitative estimate of drug-likeness (QED) is 0.905. The number of nitrogens with zero attached hydrogens (tertiary/aromatic N) is 1. The highest BCUT2D eigenvalue weighted by Gasteiger charge is 2.39. The fourth-order valence-corrected chi connectivity index (χ4v) is 3.33. The van der Waals surface area contributed by atoms with Gasteiger partial charge in [-0.2, -0.15) is 0 Å². The molecule has 0 aliphatic carbocycles. The Bertz CT molecular complexity index is 424. The lowest BCUT2D eigenvalue weighted by Crippen LogP contribution is -2.28. The van der Waals surface area contributed by atoms with Crippen molar-refractivity contribution in [2.45, 2.75) is 25.8 Å². The van der Waals surface area contributed by atoms with Crippen LogP contribution in [0.2, 0.25) is 0 Å². The molecule has 1 unspecified atom stereocenters. The van der Waals surface area contributed by atoms with Crippen molar-refractivity contribution < 1.29 is 8.78 Å². The monoisotopic (exact) mass is 266 g/mol. The van der Waals surface area contributed by atoms with Crippen LogP contribution in [0.15, 0.2) is 24.3 Å². The number of rotatable bonds is 3. The van der Waals surface area contributed by atoms with E-state index in [0.29, 0.717) is 5.41 Å². The number of hydrogen-bond donors (Lipinski definition) is 1. The molecule has 104 valence electrons. The van der Waals surface area contributed by atoms with Crippen LogP contribution in [0, 0.1) is 5.41 Å². The second kappa shape index (κ2) is 5.17. The molecule has 19 heavy (non-hydrogen) atoms. The van der Waals surface area contributed by atoms with Crippen molar-refractivity contribution in [2.24, 2.45) is 5.41 Å². The molecule has 2 fully saturated rings. The molecular weight excluding hydrogens is 246 g/mol. The lowest BCUT2D eigenvalue weighted by Gasteiger charge is -2.22. The minimum Gasteiger partial charge on any atom is -0.316 e. The highest BCUT2D eigenvalue weighted by Crippen LogP contribution is 2.36. The SMILES string of the molecule is FC(F)c1ccc(CN2CCC3(CCNC3)C2)cc1. The van der Waals surface area contributed by atoms with E-state index in [1.807, 2.05) is 12.1 Å². The molecule has 2 heterocycles. The maximum atomic E-state index is 12.5. The van der Waals surface area contributed by atoms with Crippen LogP contribution in [-0.4, -0.2) is 31.1 Å². The number of halogens is 2. The highest BCUT2D eigenvalue weighted by molar-refractivity contribution is 5.23. The van der Waals surface area contributed by atoms with E-state index in [1.165, 1.54) is 12.8 Å². The van der Waals surface area contributed by atoms with Crippen LogP contribution in [0.3, 0.4) is 0 Å². The summed E-state index contributed by atoms with van der Waals surface area (Å²) >= 11 is 0. The molecule has 1 aromatic carbocycles. The first-order chi connectivity index (χ1) is 9.17. The molecule has 2 aliphatic heterocycles. The number of likely N-dealkylation sites (tertiary alicyclic amines) is 1. The first-order valence-electron chi connectivity index (χ1n) is 6.97. The summed E-state index contributed by atoms with van der Waals surface area (Å²) in [6.45, 7) is 5.41. The van der Waals surface area contributed by atoms with Crippen LogP contribution in [-0.2, 0) is 6.54 Å². The van der Waals surface area contributed by atoms with Gasteiger partial charge in [0.25, 0.3) is 6.43 Å². The van der Waals surface area contributed by atoms with Gasteiger partial charge in [-0.15, -0.1) is 0 Å². The Hall–Kier alpha value is -1.00. The minimum absolute atomic E-state index is 0.113. The fraction of sp³-hybridized carbons (Fsp3) is 0.600. The molecule has 0 saturated carbocycles. The number of hydrogen-bond acceptors (Lipinski definition) is 2. The van der Waals surface area contributed by atoms with Gasteiger partial charge in [0.05, 0.1) is 0 Å². The molecule has 1 spiro atoms.